The second-order valence-electron chi connectivity index (χ2n) is 24.5. The highest BCUT2D eigenvalue weighted by Gasteiger charge is 2.24. The molecule has 3 atom stereocenters. The van der Waals surface area contributed by atoms with E-state index in [1.165, 1.54) is 295 Å². The fourth-order valence-corrected chi connectivity index (χ4v) is 11.4. The zero-order valence-corrected chi connectivity index (χ0v) is 51.7. The summed E-state index contributed by atoms with van der Waals surface area (Å²) in [5, 5.41) is 14.0. The minimum atomic E-state index is -4.57. The summed E-state index contributed by atoms with van der Waals surface area (Å²) in [4.78, 5) is 25.5. The van der Waals surface area contributed by atoms with Crippen molar-refractivity contribution >= 4 is 13.7 Å². The van der Waals surface area contributed by atoms with Crippen molar-refractivity contribution in [3.05, 3.63) is 0 Å². The van der Waals surface area contributed by atoms with Crippen LogP contribution in [0.4, 0.5) is 0 Å². The Morgan fingerprint density at radius 1 is 0.419 bits per heavy atom. The fourth-order valence-electron chi connectivity index (χ4n) is 10.6. The summed E-state index contributed by atoms with van der Waals surface area (Å²) in [5.74, 6) is -0.156. The largest absolute Gasteiger partial charge is 0.756 e. The van der Waals surface area contributed by atoms with Gasteiger partial charge in [-0.05, 0) is 12.8 Å². The van der Waals surface area contributed by atoms with Crippen LogP contribution >= 0.6 is 7.82 Å². The molecule has 0 aliphatic heterocycles. The van der Waals surface area contributed by atoms with Gasteiger partial charge >= 0.3 is 0 Å². The highest BCUT2D eigenvalue weighted by Crippen LogP contribution is 2.38. The van der Waals surface area contributed by atoms with Gasteiger partial charge in [-0.3, -0.25) is 9.36 Å². The summed E-state index contributed by atoms with van der Waals surface area (Å²) in [7, 11) is 1.33. The molecule has 1 amide bonds. The minimum Gasteiger partial charge on any atom is -0.756 e. The Labute approximate surface area is 463 Å². The monoisotopic (exact) mass is 1070 g/mol. The average molecular weight is 1070 g/mol. The van der Waals surface area contributed by atoms with Crippen molar-refractivity contribution in [3.8, 4) is 0 Å². The van der Waals surface area contributed by atoms with Crippen molar-refractivity contribution in [1.29, 1.82) is 0 Å². The number of quaternary nitrogens is 1. The van der Waals surface area contributed by atoms with Crippen LogP contribution in [0.15, 0.2) is 0 Å². The van der Waals surface area contributed by atoms with Gasteiger partial charge in [-0.15, -0.1) is 0 Å². The molecule has 0 rings (SSSR count). The normalized spacial score (nSPS) is 13.7. The first kappa shape index (κ1) is 73.5. The van der Waals surface area contributed by atoms with Crippen LogP contribution in [0.1, 0.15) is 361 Å². The van der Waals surface area contributed by atoms with Gasteiger partial charge in [0.15, 0.2) is 0 Å². The lowest BCUT2D eigenvalue weighted by Crippen LogP contribution is -2.46. The number of phosphoric acid groups is 1. The lowest BCUT2D eigenvalue weighted by molar-refractivity contribution is -0.870. The van der Waals surface area contributed by atoms with Crippen molar-refractivity contribution in [2.45, 2.75) is 373 Å². The molecule has 0 aromatic carbocycles. The second kappa shape index (κ2) is 57.2. The number of nitrogens with zero attached hydrogens (tertiary/aromatic N) is 1. The molecule has 74 heavy (non-hydrogen) atoms. The molecule has 0 radical (unpaired) electrons. The number of hydrogen-bond acceptors (Lipinski definition) is 6. The number of hydrogen-bond donors (Lipinski definition) is 2. The van der Waals surface area contributed by atoms with E-state index in [2.05, 4.69) is 19.2 Å². The van der Waals surface area contributed by atoms with Gasteiger partial charge in [0.1, 0.15) is 13.2 Å². The molecule has 0 aromatic heterocycles. The number of phosphoric ester groups is 1. The maximum absolute atomic E-state index is 13.0. The Bertz CT molecular complexity index is 1170. The van der Waals surface area contributed by atoms with Gasteiger partial charge in [-0.1, -0.05) is 341 Å². The zero-order chi connectivity index (χ0) is 54.2. The molecule has 0 aliphatic rings. The van der Waals surface area contributed by atoms with Gasteiger partial charge in [0.2, 0.25) is 5.91 Å². The number of unbranched alkanes of at least 4 members (excludes halogenated alkanes) is 50. The number of rotatable bonds is 63. The van der Waals surface area contributed by atoms with Crippen LogP contribution < -0.4 is 10.2 Å². The summed E-state index contributed by atoms with van der Waals surface area (Å²) < 4.78 is 23.4. The number of likely N-dealkylation sites (N-methyl/N-ethyl adjacent to an activating group) is 1. The van der Waals surface area contributed by atoms with Gasteiger partial charge < -0.3 is 28.8 Å². The Kier molecular flexibility index (Phi) is 56.8. The highest BCUT2D eigenvalue weighted by atomic mass is 31.2. The highest BCUT2D eigenvalue weighted by molar-refractivity contribution is 7.45. The number of carbonyl (C=O) groups excluding carboxylic acids is 1. The van der Waals surface area contributed by atoms with Crippen molar-refractivity contribution in [3.63, 3.8) is 0 Å². The number of aliphatic hydroxyl groups excluding tert-OH is 1. The molecular formula is C65H133N2O6P. The Balaban J connectivity index is 3.79. The first-order valence-electron chi connectivity index (χ1n) is 33.4. The standard InChI is InChI=1S/C65H133N2O6P/c1-6-8-10-12-14-16-18-20-21-22-23-24-25-26-27-28-29-30-31-32-33-34-35-36-37-38-39-40-41-42-43-44-45-47-49-51-53-55-57-59-65(69)66-63(62-73-74(70,71)72-61-60-67(3,4)5)64(68)58-56-54-52-50-48-46-19-17-15-13-11-9-7-2/h63-64,68H,6-62H2,1-5H3,(H-,66,69,70,71). The van der Waals surface area contributed by atoms with Crippen LogP contribution in [0.2, 0.25) is 0 Å². The lowest BCUT2D eigenvalue weighted by Gasteiger charge is -2.30. The molecule has 2 N–H and O–H groups in total. The van der Waals surface area contributed by atoms with E-state index in [4.69, 9.17) is 9.05 Å². The second-order valence-corrected chi connectivity index (χ2v) is 26.0. The SMILES string of the molecule is CCCCCCCCCCCCCCCCCCCCCCCCCCCCCCCCCCCCCCCCCC(=O)NC(COP(=O)([O-])OCC[N+](C)(C)C)C(O)CCCCCCCCCCCCCCC. The van der Waals surface area contributed by atoms with E-state index in [1.54, 1.807) is 0 Å². The number of carbonyl (C=O) groups is 1. The number of amides is 1. The molecule has 0 aliphatic carbocycles. The molecule has 0 heterocycles. The predicted molar refractivity (Wildman–Crippen MR) is 321 cm³/mol. The molecule has 9 heteroatoms. The Hall–Kier alpha value is -0.500. The maximum Gasteiger partial charge on any atom is 0.268 e. The topological polar surface area (TPSA) is 108 Å². The summed E-state index contributed by atoms with van der Waals surface area (Å²) >= 11 is 0. The summed E-state index contributed by atoms with van der Waals surface area (Å²) in [6.45, 7) is 4.77. The van der Waals surface area contributed by atoms with Crippen molar-refractivity contribution in [2.24, 2.45) is 0 Å². The van der Waals surface area contributed by atoms with E-state index in [-0.39, 0.29) is 19.1 Å². The first-order chi connectivity index (χ1) is 36.0. The van der Waals surface area contributed by atoms with Crippen LogP contribution in [0.25, 0.3) is 0 Å². The Morgan fingerprint density at radius 2 is 0.662 bits per heavy atom. The van der Waals surface area contributed by atoms with Gasteiger partial charge in [0.25, 0.3) is 7.82 Å². The van der Waals surface area contributed by atoms with E-state index in [1.807, 2.05) is 21.1 Å². The van der Waals surface area contributed by atoms with Gasteiger partial charge in [-0.25, -0.2) is 0 Å². The molecule has 0 saturated heterocycles. The molecule has 0 spiro atoms. The van der Waals surface area contributed by atoms with Crippen LogP contribution in [-0.2, 0) is 18.4 Å². The third-order valence-electron chi connectivity index (χ3n) is 15.8. The minimum absolute atomic E-state index is 0.0165. The maximum atomic E-state index is 13.0. The van der Waals surface area contributed by atoms with E-state index in [0.29, 0.717) is 23.9 Å². The van der Waals surface area contributed by atoms with Gasteiger partial charge in [0, 0.05) is 6.42 Å². The zero-order valence-electron chi connectivity index (χ0n) is 50.8. The average Bonchev–Trinajstić information content (AvgIpc) is 3.36. The summed E-state index contributed by atoms with van der Waals surface area (Å²) in [6.07, 6.45) is 70.5. The third kappa shape index (κ3) is 59.2. The molecule has 8 nitrogen and oxygen atoms in total. The van der Waals surface area contributed by atoms with E-state index in [0.717, 1.165) is 38.5 Å². The lowest BCUT2D eigenvalue weighted by atomic mass is 10.0. The molecule has 0 bridgehead atoms. The molecular weight excluding hydrogens is 936 g/mol. The molecule has 3 unspecified atom stereocenters. The first-order valence-corrected chi connectivity index (χ1v) is 34.8. The van der Waals surface area contributed by atoms with Crippen LogP contribution in [0.5, 0.6) is 0 Å². The Morgan fingerprint density at radius 3 is 0.919 bits per heavy atom. The van der Waals surface area contributed by atoms with Gasteiger partial charge in [-0.2, -0.15) is 0 Å². The van der Waals surface area contributed by atoms with E-state index in [9.17, 15) is 19.4 Å². The van der Waals surface area contributed by atoms with E-state index < -0.39 is 20.0 Å². The smallest absolute Gasteiger partial charge is 0.268 e. The van der Waals surface area contributed by atoms with Gasteiger partial charge in [0.05, 0.1) is 39.9 Å². The molecule has 0 aromatic rings. The predicted octanol–water partition coefficient (Wildman–Crippen LogP) is 20.1. The summed E-state index contributed by atoms with van der Waals surface area (Å²) in [5.41, 5.74) is 0. The number of nitrogens with one attached hydrogen (secondary N) is 1. The number of aliphatic hydroxyl groups is 1. The van der Waals surface area contributed by atoms with E-state index >= 15 is 0 Å². The van der Waals surface area contributed by atoms with Crippen molar-refractivity contribution in [2.75, 3.05) is 40.9 Å². The van der Waals surface area contributed by atoms with Crippen LogP contribution in [0.3, 0.4) is 0 Å². The quantitative estimate of drug-likeness (QED) is 0.0357. The third-order valence-corrected chi connectivity index (χ3v) is 16.8. The van der Waals surface area contributed by atoms with Crippen molar-refractivity contribution < 1.29 is 32.9 Å². The molecule has 444 valence electrons. The van der Waals surface area contributed by atoms with Crippen molar-refractivity contribution in [1.82, 2.24) is 5.32 Å². The summed E-state index contributed by atoms with van der Waals surface area (Å²) in [6, 6.07) is -0.795. The fraction of sp³-hybridized carbons (Fsp3) is 0.985. The van der Waals surface area contributed by atoms with Crippen LogP contribution in [0, 0.1) is 0 Å². The van der Waals surface area contributed by atoms with Crippen LogP contribution in [-0.4, -0.2) is 68.5 Å². The molecule has 0 fully saturated rings. The molecule has 0 saturated carbocycles.